The number of aromatic amines is 1. The van der Waals surface area contributed by atoms with Crippen molar-refractivity contribution in [1.82, 2.24) is 9.88 Å². The zero-order valence-corrected chi connectivity index (χ0v) is 12.9. The fourth-order valence-corrected chi connectivity index (χ4v) is 3.89. The number of carbonyl (C=O) groups excluding carboxylic acids is 1. The van der Waals surface area contributed by atoms with Crippen LogP contribution in [0.4, 0.5) is 4.79 Å². The zero-order chi connectivity index (χ0) is 15.0. The van der Waals surface area contributed by atoms with Crippen molar-refractivity contribution in [3.8, 4) is 0 Å². The number of hydrogen-bond acceptors (Lipinski definition) is 2. The molecule has 1 N–H and O–H groups in total. The van der Waals surface area contributed by atoms with Crippen molar-refractivity contribution in [2.45, 2.75) is 45.3 Å². The number of cyclic esters (lactones) is 1. The number of benzene rings is 1. The SMILES string of the molecule is Cc1ccc2[nH]c3c(c2c1)CCN1C(=O)OC(C)(C)[C@]31C. The molecule has 0 saturated carbocycles. The second-order valence-corrected chi connectivity index (χ2v) is 6.88. The maximum absolute atomic E-state index is 12.2. The Kier molecular flexibility index (Phi) is 2.19. The average Bonchev–Trinajstić information content (AvgIpc) is 2.85. The quantitative estimate of drug-likeness (QED) is 0.805. The van der Waals surface area contributed by atoms with E-state index in [4.69, 9.17) is 4.74 Å². The van der Waals surface area contributed by atoms with Crippen LogP contribution in [-0.2, 0) is 16.7 Å². The first-order valence-electron chi connectivity index (χ1n) is 7.47. The number of aromatic nitrogens is 1. The topological polar surface area (TPSA) is 45.3 Å². The van der Waals surface area contributed by atoms with Gasteiger partial charge >= 0.3 is 6.09 Å². The first-order chi connectivity index (χ1) is 9.84. The molecule has 21 heavy (non-hydrogen) atoms. The van der Waals surface area contributed by atoms with Gasteiger partial charge in [-0.3, -0.25) is 4.90 Å². The summed E-state index contributed by atoms with van der Waals surface area (Å²) in [6.07, 6.45) is 0.669. The molecule has 1 fully saturated rings. The maximum Gasteiger partial charge on any atom is 0.411 e. The molecule has 4 heteroatoms. The molecule has 2 aromatic rings. The van der Waals surface area contributed by atoms with E-state index < -0.39 is 11.1 Å². The van der Waals surface area contributed by atoms with E-state index in [9.17, 15) is 4.79 Å². The lowest BCUT2D eigenvalue weighted by Crippen LogP contribution is -2.54. The average molecular weight is 284 g/mol. The second-order valence-electron chi connectivity index (χ2n) is 6.88. The van der Waals surface area contributed by atoms with Crippen molar-refractivity contribution >= 4 is 17.0 Å². The van der Waals surface area contributed by atoms with Crippen LogP contribution < -0.4 is 0 Å². The third-order valence-electron chi connectivity index (χ3n) is 5.41. The van der Waals surface area contributed by atoms with Gasteiger partial charge in [-0.25, -0.2) is 4.79 Å². The number of hydrogen-bond donors (Lipinski definition) is 1. The van der Waals surface area contributed by atoms with Crippen LogP contribution in [0, 0.1) is 6.92 Å². The van der Waals surface area contributed by atoms with E-state index in [1.807, 2.05) is 18.7 Å². The lowest BCUT2D eigenvalue weighted by Gasteiger charge is -2.43. The molecular formula is C17H20N2O2. The van der Waals surface area contributed by atoms with E-state index in [1.165, 1.54) is 16.5 Å². The minimum Gasteiger partial charge on any atom is -0.440 e. The van der Waals surface area contributed by atoms with Gasteiger partial charge in [0.2, 0.25) is 0 Å². The van der Waals surface area contributed by atoms with E-state index in [0.29, 0.717) is 6.54 Å². The molecule has 0 spiro atoms. The normalized spacial score (nSPS) is 26.7. The highest BCUT2D eigenvalue weighted by molar-refractivity contribution is 5.87. The molecule has 1 aromatic carbocycles. The number of fused-ring (bicyclic) bond motifs is 5. The highest BCUT2D eigenvalue weighted by Gasteiger charge is 2.61. The van der Waals surface area contributed by atoms with Crippen molar-refractivity contribution in [2.24, 2.45) is 0 Å². The van der Waals surface area contributed by atoms with E-state index in [0.717, 1.165) is 17.6 Å². The van der Waals surface area contributed by atoms with Crippen molar-refractivity contribution in [3.05, 3.63) is 35.0 Å². The largest absolute Gasteiger partial charge is 0.440 e. The van der Waals surface area contributed by atoms with E-state index in [2.05, 4.69) is 37.0 Å². The summed E-state index contributed by atoms with van der Waals surface area (Å²) in [6, 6.07) is 6.47. The number of H-pyrrole nitrogens is 1. The van der Waals surface area contributed by atoms with Crippen LogP contribution in [0.3, 0.4) is 0 Å². The van der Waals surface area contributed by atoms with Crippen LogP contribution in [0.1, 0.15) is 37.6 Å². The molecule has 1 atom stereocenters. The summed E-state index contributed by atoms with van der Waals surface area (Å²) in [5, 5.41) is 1.28. The Morgan fingerprint density at radius 1 is 1.29 bits per heavy atom. The van der Waals surface area contributed by atoms with E-state index in [-0.39, 0.29) is 6.09 Å². The van der Waals surface area contributed by atoms with Gasteiger partial charge in [0.25, 0.3) is 0 Å². The Hall–Kier alpha value is -1.97. The summed E-state index contributed by atoms with van der Waals surface area (Å²) in [4.78, 5) is 17.6. The fraction of sp³-hybridized carbons (Fsp3) is 0.471. The minimum absolute atomic E-state index is 0.206. The number of nitrogens with one attached hydrogen (secondary N) is 1. The van der Waals surface area contributed by atoms with Gasteiger partial charge in [0.05, 0.1) is 0 Å². The van der Waals surface area contributed by atoms with Gasteiger partial charge in [-0.05, 0) is 51.8 Å². The number of aryl methyl sites for hydroxylation is 1. The number of carbonyl (C=O) groups is 1. The van der Waals surface area contributed by atoms with Crippen LogP contribution in [0.15, 0.2) is 18.2 Å². The zero-order valence-electron chi connectivity index (χ0n) is 12.9. The Morgan fingerprint density at radius 2 is 2.05 bits per heavy atom. The van der Waals surface area contributed by atoms with Gasteiger partial charge < -0.3 is 9.72 Å². The molecule has 1 amide bonds. The predicted octanol–water partition coefficient (Wildman–Crippen LogP) is 3.48. The van der Waals surface area contributed by atoms with Crippen molar-refractivity contribution in [2.75, 3.05) is 6.54 Å². The number of ether oxygens (including phenoxy) is 1. The molecule has 2 aliphatic heterocycles. The number of nitrogens with zero attached hydrogens (tertiary/aromatic N) is 1. The molecule has 2 aliphatic rings. The lowest BCUT2D eigenvalue weighted by atomic mass is 9.76. The van der Waals surface area contributed by atoms with E-state index >= 15 is 0 Å². The Bertz CT molecular complexity index is 774. The second kappa shape index (κ2) is 3.62. The molecule has 0 unspecified atom stereocenters. The molecular weight excluding hydrogens is 264 g/mol. The van der Waals surface area contributed by atoms with Gasteiger partial charge in [-0.15, -0.1) is 0 Å². The summed E-state index contributed by atoms with van der Waals surface area (Å²) in [5.41, 5.74) is 3.88. The molecule has 3 heterocycles. The van der Waals surface area contributed by atoms with Crippen molar-refractivity contribution in [3.63, 3.8) is 0 Å². The molecule has 0 bridgehead atoms. The Labute approximate surface area is 124 Å². The van der Waals surface area contributed by atoms with Crippen molar-refractivity contribution < 1.29 is 9.53 Å². The van der Waals surface area contributed by atoms with Gasteiger partial charge in [0.1, 0.15) is 11.1 Å². The third-order valence-corrected chi connectivity index (χ3v) is 5.41. The maximum atomic E-state index is 12.2. The Morgan fingerprint density at radius 3 is 2.81 bits per heavy atom. The standard InChI is InChI=1S/C17H20N2O2/c1-10-5-6-13-12(9-10)11-7-8-19-15(20)21-16(2,3)17(19,4)14(11)18-13/h5-6,9,18H,7-8H2,1-4H3/t17-/m0/s1. The highest BCUT2D eigenvalue weighted by Crippen LogP contribution is 2.50. The lowest BCUT2D eigenvalue weighted by molar-refractivity contribution is 0.0172. The summed E-state index contributed by atoms with van der Waals surface area (Å²) in [6.45, 7) is 8.93. The molecule has 4 rings (SSSR count). The van der Waals surface area contributed by atoms with Crippen molar-refractivity contribution in [1.29, 1.82) is 0 Å². The van der Waals surface area contributed by atoms with Crippen LogP contribution in [0.25, 0.3) is 10.9 Å². The number of rotatable bonds is 0. The van der Waals surface area contributed by atoms with Gasteiger partial charge in [0, 0.05) is 23.1 Å². The molecule has 1 saturated heterocycles. The predicted molar refractivity (Wildman–Crippen MR) is 81.4 cm³/mol. The van der Waals surface area contributed by atoms with Crippen LogP contribution in [-0.4, -0.2) is 28.1 Å². The molecule has 1 aromatic heterocycles. The number of amides is 1. The first kappa shape index (κ1) is 12.7. The summed E-state index contributed by atoms with van der Waals surface area (Å²) in [7, 11) is 0. The van der Waals surface area contributed by atoms with Crippen LogP contribution in [0.2, 0.25) is 0 Å². The molecule has 4 nitrogen and oxygen atoms in total. The summed E-state index contributed by atoms with van der Waals surface area (Å²) >= 11 is 0. The monoisotopic (exact) mass is 284 g/mol. The minimum atomic E-state index is -0.546. The highest BCUT2D eigenvalue weighted by atomic mass is 16.6. The molecule has 110 valence electrons. The third kappa shape index (κ3) is 1.38. The first-order valence-corrected chi connectivity index (χ1v) is 7.47. The van der Waals surface area contributed by atoms with Crippen LogP contribution in [0.5, 0.6) is 0 Å². The Balaban J connectivity index is 2.03. The van der Waals surface area contributed by atoms with Gasteiger partial charge in [0.15, 0.2) is 0 Å². The van der Waals surface area contributed by atoms with Crippen LogP contribution >= 0.6 is 0 Å². The van der Waals surface area contributed by atoms with Gasteiger partial charge in [-0.1, -0.05) is 11.6 Å². The summed E-state index contributed by atoms with van der Waals surface area (Å²) < 4.78 is 5.64. The van der Waals surface area contributed by atoms with Gasteiger partial charge in [-0.2, -0.15) is 0 Å². The summed E-state index contributed by atoms with van der Waals surface area (Å²) in [5.74, 6) is 0. The smallest absolute Gasteiger partial charge is 0.411 e. The molecule has 0 aliphatic carbocycles. The molecule has 0 radical (unpaired) electrons. The van der Waals surface area contributed by atoms with E-state index in [1.54, 1.807) is 0 Å². The fourth-order valence-electron chi connectivity index (χ4n) is 3.89.